The predicted molar refractivity (Wildman–Crippen MR) is 131 cm³/mol. The van der Waals surface area contributed by atoms with Crippen molar-refractivity contribution in [1.82, 2.24) is 15.5 Å². The molecule has 1 aromatic heterocycles. The average Bonchev–Trinajstić information content (AvgIpc) is 3.22. The van der Waals surface area contributed by atoms with Crippen molar-refractivity contribution in [2.45, 2.75) is 44.8 Å². The summed E-state index contributed by atoms with van der Waals surface area (Å²) in [6.45, 7) is 9.63. The van der Waals surface area contributed by atoms with Gasteiger partial charge in [-0.1, -0.05) is 36.4 Å². The Hall–Kier alpha value is -1.80. The molecule has 0 bridgehead atoms. The molecule has 0 spiro atoms. The van der Waals surface area contributed by atoms with Gasteiger partial charge in [0.25, 0.3) is 0 Å². The zero-order chi connectivity index (χ0) is 19.6. The summed E-state index contributed by atoms with van der Waals surface area (Å²) >= 11 is 0. The number of hydrogen-bond donors (Lipinski definition) is 2. The van der Waals surface area contributed by atoms with Gasteiger partial charge in [-0.05, 0) is 37.5 Å². The summed E-state index contributed by atoms with van der Waals surface area (Å²) in [6, 6.07) is 15.6. The Labute approximate surface area is 191 Å². The lowest BCUT2D eigenvalue weighted by molar-refractivity contribution is 0.134. The van der Waals surface area contributed by atoms with Crippen molar-refractivity contribution in [3.8, 4) is 0 Å². The normalized spacial score (nSPS) is 20.0. The number of aliphatic imine (C=N–C) groups is 1. The topological polar surface area (TPSA) is 52.8 Å². The van der Waals surface area contributed by atoms with Crippen LogP contribution in [-0.4, -0.2) is 42.6 Å². The second-order valence-electron chi connectivity index (χ2n) is 7.40. The van der Waals surface area contributed by atoms with Crippen molar-refractivity contribution in [3.05, 3.63) is 72.7 Å². The van der Waals surface area contributed by atoms with Gasteiger partial charge in [-0.3, -0.25) is 9.89 Å². The van der Waals surface area contributed by atoms with E-state index in [-0.39, 0.29) is 24.0 Å². The van der Waals surface area contributed by atoms with Crippen LogP contribution in [0.4, 0.5) is 0 Å². The Morgan fingerprint density at radius 1 is 1.28 bits per heavy atom. The van der Waals surface area contributed by atoms with Gasteiger partial charge >= 0.3 is 0 Å². The number of halogens is 1. The van der Waals surface area contributed by atoms with Gasteiger partial charge in [0.1, 0.15) is 5.76 Å². The summed E-state index contributed by atoms with van der Waals surface area (Å²) < 4.78 is 5.39. The summed E-state index contributed by atoms with van der Waals surface area (Å²) in [4.78, 5) is 7.28. The molecule has 0 amide bonds. The van der Waals surface area contributed by atoms with Crippen molar-refractivity contribution < 1.29 is 4.42 Å². The molecule has 6 heteroatoms. The van der Waals surface area contributed by atoms with Gasteiger partial charge in [-0.15, -0.1) is 30.6 Å². The van der Waals surface area contributed by atoms with E-state index in [1.807, 2.05) is 18.2 Å². The molecular formula is C23H33IN4O. The predicted octanol–water partition coefficient (Wildman–Crippen LogP) is 4.21. The highest BCUT2D eigenvalue weighted by Gasteiger charge is 2.25. The fourth-order valence-corrected chi connectivity index (χ4v) is 3.65. The number of nitrogens with one attached hydrogen (secondary N) is 2. The van der Waals surface area contributed by atoms with Gasteiger partial charge in [-0.25, -0.2) is 0 Å². The van der Waals surface area contributed by atoms with Crippen molar-refractivity contribution in [1.29, 1.82) is 0 Å². The lowest BCUT2D eigenvalue weighted by Crippen LogP contribution is -2.51. The van der Waals surface area contributed by atoms with E-state index in [9.17, 15) is 0 Å². The highest BCUT2D eigenvalue weighted by molar-refractivity contribution is 14.0. The first kappa shape index (κ1) is 23.5. The van der Waals surface area contributed by atoms with E-state index in [4.69, 9.17) is 9.41 Å². The maximum Gasteiger partial charge on any atom is 0.191 e. The molecule has 1 aromatic carbocycles. The minimum absolute atomic E-state index is 0. The second-order valence-corrected chi connectivity index (χ2v) is 7.40. The van der Waals surface area contributed by atoms with Crippen LogP contribution in [0.15, 0.2) is 70.8 Å². The number of benzene rings is 1. The monoisotopic (exact) mass is 508 g/mol. The quantitative estimate of drug-likeness (QED) is 0.243. The van der Waals surface area contributed by atoms with Gasteiger partial charge in [0.15, 0.2) is 5.96 Å². The first-order chi connectivity index (χ1) is 13.7. The summed E-state index contributed by atoms with van der Waals surface area (Å²) in [5, 5.41) is 6.96. The third kappa shape index (κ3) is 7.85. The molecule has 2 unspecified atom stereocenters. The number of nitrogens with zero attached hydrogens (tertiary/aromatic N) is 2. The van der Waals surface area contributed by atoms with Crippen LogP contribution in [0.1, 0.15) is 31.1 Å². The Bertz CT molecular complexity index is 733. The summed E-state index contributed by atoms with van der Waals surface area (Å²) in [5.41, 5.74) is 1.38. The van der Waals surface area contributed by atoms with Crippen LogP contribution in [0.5, 0.6) is 0 Å². The molecule has 5 nitrogen and oxygen atoms in total. The Kier molecular flexibility index (Phi) is 10.3. The smallest absolute Gasteiger partial charge is 0.191 e. The molecule has 0 saturated carbocycles. The molecule has 0 radical (unpaired) electrons. The fraction of sp³-hybridized carbons (Fsp3) is 0.435. The first-order valence-electron chi connectivity index (χ1n) is 10.2. The fourth-order valence-electron chi connectivity index (χ4n) is 3.65. The third-order valence-electron chi connectivity index (χ3n) is 5.21. The molecule has 1 aliphatic rings. The third-order valence-corrected chi connectivity index (χ3v) is 5.21. The minimum atomic E-state index is 0. The Morgan fingerprint density at radius 3 is 2.79 bits per heavy atom. The molecule has 2 N–H and O–H groups in total. The Morgan fingerprint density at radius 2 is 2.10 bits per heavy atom. The van der Waals surface area contributed by atoms with E-state index < -0.39 is 0 Å². The molecule has 3 rings (SSSR count). The van der Waals surface area contributed by atoms with Gasteiger partial charge in [0.2, 0.25) is 0 Å². The van der Waals surface area contributed by atoms with Gasteiger partial charge < -0.3 is 15.1 Å². The second kappa shape index (κ2) is 12.7. The maximum atomic E-state index is 5.39. The number of piperidine rings is 1. The number of furan rings is 1. The number of likely N-dealkylation sites (tertiary alicyclic amines) is 1. The van der Waals surface area contributed by atoms with Crippen LogP contribution < -0.4 is 10.6 Å². The first-order valence-corrected chi connectivity index (χ1v) is 10.2. The zero-order valence-electron chi connectivity index (χ0n) is 17.2. The SMILES string of the molecule is C=CCNC(=NCCc1ccco1)NC1CCN(Cc2ccccc2)C(C)C1.I. The lowest BCUT2D eigenvalue weighted by Gasteiger charge is -2.38. The van der Waals surface area contributed by atoms with E-state index in [1.54, 1.807) is 6.26 Å². The Balaban J connectivity index is 0.00000300. The molecule has 0 aliphatic carbocycles. The van der Waals surface area contributed by atoms with E-state index >= 15 is 0 Å². The standard InChI is InChI=1S/C23H32N4O.HI/c1-3-13-24-23(25-14-11-22-10-7-16-28-22)26-21-12-15-27(19(2)17-21)18-20-8-5-4-6-9-20;/h3-10,16,19,21H,1,11-15,17-18H2,2H3,(H2,24,25,26);1H. The summed E-state index contributed by atoms with van der Waals surface area (Å²) in [7, 11) is 0. The molecular weight excluding hydrogens is 475 g/mol. The van der Waals surface area contributed by atoms with Crippen LogP contribution >= 0.6 is 24.0 Å². The molecule has 29 heavy (non-hydrogen) atoms. The van der Waals surface area contributed by atoms with Gasteiger partial charge in [-0.2, -0.15) is 0 Å². The highest BCUT2D eigenvalue weighted by atomic mass is 127. The maximum absolute atomic E-state index is 5.39. The molecule has 1 fully saturated rings. The van der Waals surface area contributed by atoms with Crippen LogP contribution in [0.3, 0.4) is 0 Å². The van der Waals surface area contributed by atoms with Crippen molar-refractivity contribution in [2.24, 2.45) is 4.99 Å². The average molecular weight is 508 g/mol. The zero-order valence-corrected chi connectivity index (χ0v) is 19.5. The molecule has 2 aromatic rings. The van der Waals surface area contributed by atoms with Crippen molar-refractivity contribution in [2.75, 3.05) is 19.6 Å². The van der Waals surface area contributed by atoms with Crippen molar-refractivity contribution in [3.63, 3.8) is 0 Å². The van der Waals surface area contributed by atoms with E-state index in [1.165, 1.54) is 5.56 Å². The van der Waals surface area contributed by atoms with Crippen molar-refractivity contribution >= 4 is 29.9 Å². The lowest BCUT2D eigenvalue weighted by atomic mass is 9.97. The van der Waals surface area contributed by atoms with Crippen LogP contribution in [-0.2, 0) is 13.0 Å². The van der Waals surface area contributed by atoms with E-state index in [0.717, 1.165) is 44.1 Å². The van der Waals surface area contributed by atoms with Gasteiger partial charge in [0.05, 0.1) is 6.26 Å². The number of guanidine groups is 1. The number of hydrogen-bond acceptors (Lipinski definition) is 3. The van der Waals surface area contributed by atoms with E-state index in [2.05, 4.69) is 59.4 Å². The highest BCUT2D eigenvalue weighted by Crippen LogP contribution is 2.20. The molecule has 2 atom stereocenters. The number of rotatable bonds is 8. The minimum Gasteiger partial charge on any atom is -0.469 e. The van der Waals surface area contributed by atoms with Crippen LogP contribution in [0.25, 0.3) is 0 Å². The summed E-state index contributed by atoms with van der Waals surface area (Å²) in [6.07, 6.45) is 6.59. The molecule has 1 saturated heterocycles. The summed E-state index contributed by atoms with van der Waals surface area (Å²) in [5.74, 6) is 1.83. The van der Waals surface area contributed by atoms with E-state index in [0.29, 0.717) is 25.2 Å². The van der Waals surface area contributed by atoms with Crippen LogP contribution in [0.2, 0.25) is 0 Å². The molecule has 158 valence electrons. The van der Waals surface area contributed by atoms with Crippen LogP contribution in [0, 0.1) is 0 Å². The molecule has 2 heterocycles. The van der Waals surface area contributed by atoms with Gasteiger partial charge in [0, 0.05) is 44.7 Å². The molecule has 1 aliphatic heterocycles. The largest absolute Gasteiger partial charge is 0.469 e.